The predicted octanol–water partition coefficient (Wildman–Crippen LogP) is 6.57. The van der Waals surface area contributed by atoms with Crippen molar-refractivity contribution in [2.75, 3.05) is 0 Å². The molecule has 0 radical (unpaired) electrons. The van der Waals surface area contributed by atoms with Crippen molar-refractivity contribution in [3.05, 3.63) is 58.1 Å². The van der Waals surface area contributed by atoms with Crippen molar-refractivity contribution in [1.82, 2.24) is 0 Å². The lowest BCUT2D eigenvalue weighted by molar-refractivity contribution is 0.0425. The number of hydrogen-bond donors (Lipinski definition) is 0. The Labute approximate surface area is 161 Å². The van der Waals surface area contributed by atoms with E-state index in [1.165, 1.54) is 47.9 Å². The molecule has 0 heterocycles. The molecular formula is C24H24ClN. The number of fused-ring (bicyclic) bond motifs is 8. The quantitative estimate of drug-likeness (QED) is 0.520. The smallest absolute Gasteiger partial charge is 0.0995 e. The third-order valence-corrected chi connectivity index (χ3v) is 7.70. The number of hydrogen-bond acceptors (Lipinski definition) is 1. The topological polar surface area (TPSA) is 23.8 Å². The molecule has 1 nitrogen and oxygen atoms in total. The minimum atomic E-state index is -0.0485. The van der Waals surface area contributed by atoms with Crippen molar-refractivity contribution in [2.24, 2.45) is 23.7 Å². The van der Waals surface area contributed by atoms with Crippen LogP contribution in [0.1, 0.15) is 56.2 Å². The zero-order chi connectivity index (χ0) is 18.1. The van der Waals surface area contributed by atoms with Crippen molar-refractivity contribution in [2.45, 2.75) is 44.9 Å². The Balaban J connectivity index is 1.87. The third-order valence-electron chi connectivity index (χ3n) is 7.46. The second-order valence-corrected chi connectivity index (χ2v) is 9.35. The van der Waals surface area contributed by atoms with Crippen molar-refractivity contribution in [3.63, 3.8) is 0 Å². The molecule has 0 amide bonds. The normalized spacial score (nSPS) is 34.2. The fourth-order valence-electron chi connectivity index (χ4n) is 6.88. The second kappa shape index (κ2) is 5.61. The average molecular weight is 362 g/mol. The maximum absolute atomic E-state index is 9.94. The lowest BCUT2D eigenvalue weighted by atomic mass is 9.49. The van der Waals surface area contributed by atoms with E-state index in [1.807, 2.05) is 18.2 Å². The fraction of sp³-hybridized carbons (Fsp3) is 0.458. The van der Waals surface area contributed by atoms with Gasteiger partial charge in [0.25, 0.3) is 0 Å². The molecule has 2 aromatic rings. The van der Waals surface area contributed by atoms with Gasteiger partial charge in [-0.2, -0.15) is 5.26 Å². The van der Waals surface area contributed by atoms with E-state index in [-0.39, 0.29) is 5.41 Å². The van der Waals surface area contributed by atoms with Gasteiger partial charge in [-0.15, -0.1) is 0 Å². The van der Waals surface area contributed by atoms with Crippen LogP contribution >= 0.6 is 11.6 Å². The van der Waals surface area contributed by atoms with Gasteiger partial charge in [0, 0.05) is 10.4 Å². The van der Waals surface area contributed by atoms with Gasteiger partial charge in [-0.1, -0.05) is 43.6 Å². The second-order valence-electron chi connectivity index (χ2n) is 8.91. The molecule has 5 unspecified atom stereocenters. The summed E-state index contributed by atoms with van der Waals surface area (Å²) < 4.78 is 0. The molecule has 5 atom stereocenters. The van der Waals surface area contributed by atoms with Gasteiger partial charge in [-0.25, -0.2) is 0 Å². The van der Waals surface area contributed by atoms with Crippen LogP contribution in [-0.4, -0.2) is 0 Å². The van der Waals surface area contributed by atoms with E-state index < -0.39 is 0 Å². The van der Waals surface area contributed by atoms with Gasteiger partial charge in [-0.05, 0) is 89.8 Å². The van der Waals surface area contributed by atoms with Crippen molar-refractivity contribution in [1.29, 1.82) is 5.26 Å². The predicted molar refractivity (Wildman–Crippen MR) is 106 cm³/mol. The number of rotatable bonds is 0. The van der Waals surface area contributed by atoms with Gasteiger partial charge in [-0.3, -0.25) is 0 Å². The van der Waals surface area contributed by atoms with Crippen LogP contribution in [0.3, 0.4) is 0 Å². The molecule has 0 N–H and O–H groups in total. The van der Waals surface area contributed by atoms with Crippen molar-refractivity contribution in [3.8, 4) is 17.2 Å². The molecule has 3 aliphatic carbocycles. The van der Waals surface area contributed by atoms with Gasteiger partial charge in [0.1, 0.15) is 0 Å². The summed E-state index contributed by atoms with van der Waals surface area (Å²) in [6.07, 6.45) is 5.17. The molecule has 2 bridgehead atoms. The molecule has 2 fully saturated rings. The SMILES string of the molecule is CC1CC2CC(C)C3(c4cc(Cl)ccc4-c4cccc(C#N)c43)C(C1)C2. The Morgan fingerprint density at radius 1 is 1.04 bits per heavy atom. The van der Waals surface area contributed by atoms with Crippen LogP contribution in [0.15, 0.2) is 36.4 Å². The molecule has 0 aromatic heterocycles. The van der Waals surface area contributed by atoms with Gasteiger partial charge in [0.05, 0.1) is 11.6 Å². The summed E-state index contributed by atoms with van der Waals surface area (Å²) in [7, 11) is 0. The number of halogens is 1. The summed E-state index contributed by atoms with van der Waals surface area (Å²) in [5.74, 6) is 2.74. The first kappa shape index (κ1) is 16.4. The van der Waals surface area contributed by atoms with E-state index in [0.717, 1.165) is 22.4 Å². The van der Waals surface area contributed by atoms with E-state index in [0.29, 0.717) is 11.8 Å². The number of nitrogens with zero attached hydrogens (tertiary/aromatic N) is 1. The van der Waals surface area contributed by atoms with Gasteiger partial charge in [0.15, 0.2) is 0 Å². The molecule has 0 saturated heterocycles. The lowest BCUT2D eigenvalue weighted by Gasteiger charge is -2.54. The first-order chi connectivity index (χ1) is 12.6. The zero-order valence-electron chi connectivity index (χ0n) is 15.4. The fourth-order valence-corrected chi connectivity index (χ4v) is 7.05. The molecule has 2 saturated carbocycles. The van der Waals surface area contributed by atoms with Crippen LogP contribution in [0, 0.1) is 35.0 Å². The summed E-state index contributed by atoms with van der Waals surface area (Å²) in [5, 5.41) is 10.7. The highest BCUT2D eigenvalue weighted by atomic mass is 35.5. The molecule has 1 spiro atoms. The van der Waals surface area contributed by atoms with Crippen LogP contribution in [0.4, 0.5) is 0 Å². The zero-order valence-corrected chi connectivity index (χ0v) is 16.2. The Kier molecular flexibility index (Phi) is 3.54. The molecule has 132 valence electrons. The third kappa shape index (κ3) is 1.97. The minimum Gasteiger partial charge on any atom is -0.192 e. The monoisotopic (exact) mass is 361 g/mol. The largest absolute Gasteiger partial charge is 0.192 e. The van der Waals surface area contributed by atoms with Crippen LogP contribution in [0.25, 0.3) is 11.1 Å². The minimum absolute atomic E-state index is 0.0485. The molecule has 0 aliphatic heterocycles. The highest BCUT2D eigenvalue weighted by molar-refractivity contribution is 6.30. The van der Waals surface area contributed by atoms with Crippen LogP contribution in [0.2, 0.25) is 5.02 Å². The molecule has 5 rings (SSSR count). The Bertz CT molecular complexity index is 936. The number of benzene rings is 2. The standard InChI is InChI=1S/C24H24ClN/c1-14-8-16-10-15(2)24(18(9-14)11-16)22-12-19(25)6-7-20(22)21-5-3-4-17(13-26)23(21)24/h3-7,12,14-16,18H,8-11H2,1-2H3. The van der Waals surface area contributed by atoms with E-state index in [2.05, 4.69) is 38.1 Å². The first-order valence-electron chi connectivity index (χ1n) is 9.89. The average Bonchev–Trinajstić information content (AvgIpc) is 2.90. The van der Waals surface area contributed by atoms with E-state index >= 15 is 0 Å². The van der Waals surface area contributed by atoms with Gasteiger partial charge in [0.2, 0.25) is 0 Å². The first-order valence-corrected chi connectivity index (χ1v) is 10.3. The van der Waals surface area contributed by atoms with E-state index in [4.69, 9.17) is 11.6 Å². The molecule has 26 heavy (non-hydrogen) atoms. The Hall–Kier alpha value is -1.78. The maximum atomic E-state index is 9.94. The summed E-state index contributed by atoms with van der Waals surface area (Å²) in [4.78, 5) is 0. The summed E-state index contributed by atoms with van der Waals surface area (Å²) in [5.41, 5.74) is 6.05. The maximum Gasteiger partial charge on any atom is 0.0995 e. The summed E-state index contributed by atoms with van der Waals surface area (Å²) in [6.45, 7) is 4.83. The van der Waals surface area contributed by atoms with E-state index in [1.54, 1.807) is 0 Å². The van der Waals surface area contributed by atoms with Crippen LogP contribution in [0.5, 0.6) is 0 Å². The summed E-state index contributed by atoms with van der Waals surface area (Å²) >= 11 is 6.49. The molecule has 2 aromatic carbocycles. The van der Waals surface area contributed by atoms with Gasteiger partial charge < -0.3 is 0 Å². The van der Waals surface area contributed by atoms with E-state index in [9.17, 15) is 5.26 Å². The highest BCUT2D eigenvalue weighted by Crippen LogP contribution is 2.65. The van der Waals surface area contributed by atoms with Gasteiger partial charge >= 0.3 is 0 Å². The van der Waals surface area contributed by atoms with Crippen molar-refractivity contribution < 1.29 is 0 Å². The number of nitriles is 1. The molecular weight excluding hydrogens is 338 g/mol. The Morgan fingerprint density at radius 2 is 1.88 bits per heavy atom. The Morgan fingerprint density at radius 3 is 2.69 bits per heavy atom. The van der Waals surface area contributed by atoms with Crippen LogP contribution < -0.4 is 0 Å². The molecule has 3 aliphatic rings. The highest BCUT2D eigenvalue weighted by Gasteiger charge is 2.57. The van der Waals surface area contributed by atoms with Crippen molar-refractivity contribution >= 4 is 11.6 Å². The lowest BCUT2D eigenvalue weighted by Crippen LogP contribution is -2.49. The molecule has 2 heteroatoms. The van der Waals surface area contributed by atoms with Crippen LogP contribution in [-0.2, 0) is 5.41 Å². The summed E-state index contributed by atoms with van der Waals surface area (Å²) in [6, 6.07) is 15.2.